The first-order chi connectivity index (χ1) is 8.34. The van der Waals surface area contributed by atoms with Crippen molar-refractivity contribution in [2.75, 3.05) is 13.1 Å². The molecular formula is C13H25NO4. The van der Waals surface area contributed by atoms with Crippen LogP contribution in [0.1, 0.15) is 47.0 Å². The van der Waals surface area contributed by atoms with Gasteiger partial charge >= 0.3 is 6.09 Å². The Morgan fingerprint density at radius 2 is 2.06 bits per heavy atom. The predicted molar refractivity (Wildman–Crippen MR) is 69.5 cm³/mol. The maximum Gasteiger partial charge on any atom is 0.410 e. The van der Waals surface area contributed by atoms with Crippen molar-refractivity contribution in [1.29, 1.82) is 0 Å². The number of nitrogens with zero attached hydrogens (tertiary/aromatic N) is 1. The Morgan fingerprint density at radius 1 is 1.50 bits per heavy atom. The minimum atomic E-state index is -0.379. The molecule has 0 aromatic heterocycles. The second-order valence-corrected chi connectivity index (χ2v) is 5.45. The van der Waals surface area contributed by atoms with Crippen molar-refractivity contribution in [2.45, 2.75) is 52.6 Å². The third kappa shape index (κ3) is 7.14. The van der Waals surface area contributed by atoms with Gasteiger partial charge in [-0.25, -0.2) is 4.79 Å². The molecule has 0 bridgehead atoms. The van der Waals surface area contributed by atoms with E-state index < -0.39 is 0 Å². The van der Waals surface area contributed by atoms with E-state index in [-0.39, 0.29) is 18.2 Å². The van der Waals surface area contributed by atoms with Gasteiger partial charge < -0.3 is 14.7 Å². The van der Waals surface area contributed by atoms with Crippen LogP contribution in [-0.4, -0.2) is 41.3 Å². The standard InChI is InChI=1S/C12H23NO2.CH2O2/c1-5-10-7-6-8-13(9-10)11(14)15-12(2,3)4;2-1-3/h10H,5-9H2,1-4H3;1H,(H,2,3). The van der Waals surface area contributed by atoms with Crippen LogP contribution in [0.5, 0.6) is 0 Å². The van der Waals surface area contributed by atoms with Crippen LogP contribution in [0.3, 0.4) is 0 Å². The molecule has 1 unspecified atom stereocenters. The van der Waals surface area contributed by atoms with E-state index in [4.69, 9.17) is 14.6 Å². The van der Waals surface area contributed by atoms with Gasteiger partial charge in [-0.05, 0) is 39.5 Å². The van der Waals surface area contributed by atoms with Crippen molar-refractivity contribution in [3.63, 3.8) is 0 Å². The van der Waals surface area contributed by atoms with Crippen molar-refractivity contribution in [3.8, 4) is 0 Å². The van der Waals surface area contributed by atoms with Crippen molar-refractivity contribution in [1.82, 2.24) is 4.90 Å². The number of carboxylic acid groups (broad SMARTS) is 1. The number of hydrogen-bond acceptors (Lipinski definition) is 3. The Hall–Kier alpha value is -1.26. The van der Waals surface area contributed by atoms with Gasteiger partial charge in [0.2, 0.25) is 0 Å². The molecule has 1 amide bonds. The SMILES string of the molecule is CCC1CCCN(C(=O)OC(C)(C)C)C1.O=CO. The average molecular weight is 259 g/mol. The monoisotopic (exact) mass is 259 g/mol. The Bertz CT molecular complexity index is 260. The van der Waals surface area contributed by atoms with Crippen molar-refractivity contribution in [2.24, 2.45) is 5.92 Å². The lowest BCUT2D eigenvalue weighted by molar-refractivity contribution is -0.122. The van der Waals surface area contributed by atoms with Gasteiger partial charge in [0, 0.05) is 13.1 Å². The summed E-state index contributed by atoms with van der Waals surface area (Å²) in [6.07, 6.45) is 3.35. The molecule has 0 aromatic carbocycles. The highest BCUT2D eigenvalue weighted by Crippen LogP contribution is 2.21. The number of piperidine rings is 1. The molecule has 1 rings (SSSR count). The molecule has 1 N–H and O–H groups in total. The summed E-state index contributed by atoms with van der Waals surface area (Å²) in [5.74, 6) is 0.659. The Morgan fingerprint density at radius 3 is 2.50 bits per heavy atom. The number of hydrogen-bond donors (Lipinski definition) is 1. The maximum atomic E-state index is 11.8. The number of rotatable bonds is 1. The minimum absolute atomic E-state index is 0.152. The zero-order valence-corrected chi connectivity index (χ0v) is 11.8. The van der Waals surface area contributed by atoms with Crippen LogP contribution >= 0.6 is 0 Å². The lowest BCUT2D eigenvalue weighted by Crippen LogP contribution is -2.42. The van der Waals surface area contributed by atoms with Gasteiger partial charge in [0.1, 0.15) is 5.60 Å². The first-order valence-electron chi connectivity index (χ1n) is 6.39. The van der Waals surface area contributed by atoms with Gasteiger partial charge in [0.25, 0.3) is 6.47 Å². The zero-order valence-electron chi connectivity index (χ0n) is 11.8. The zero-order chi connectivity index (χ0) is 14.2. The molecule has 0 aliphatic carbocycles. The lowest BCUT2D eigenvalue weighted by atomic mass is 9.96. The summed E-state index contributed by atoms with van der Waals surface area (Å²) in [5, 5.41) is 6.89. The van der Waals surface area contributed by atoms with E-state index in [2.05, 4.69) is 6.92 Å². The summed E-state index contributed by atoms with van der Waals surface area (Å²) in [7, 11) is 0. The molecule has 18 heavy (non-hydrogen) atoms. The summed E-state index contributed by atoms with van der Waals surface area (Å²) in [6, 6.07) is 0. The van der Waals surface area contributed by atoms with Crippen LogP contribution in [0.25, 0.3) is 0 Å². The summed E-state index contributed by atoms with van der Waals surface area (Å²) in [5.41, 5.74) is -0.379. The number of ether oxygens (including phenoxy) is 1. The fraction of sp³-hybridized carbons (Fsp3) is 0.846. The molecule has 1 aliphatic rings. The van der Waals surface area contributed by atoms with Crippen LogP contribution in [0.4, 0.5) is 4.79 Å². The molecule has 1 atom stereocenters. The van der Waals surface area contributed by atoms with E-state index in [1.807, 2.05) is 25.7 Å². The smallest absolute Gasteiger partial charge is 0.410 e. The molecule has 1 heterocycles. The molecule has 0 spiro atoms. The van der Waals surface area contributed by atoms with E-state index in [0.717, 1.165) is 25.9 Å². The van der Waals surface area contributed by atoms with E-state index in [1.54, 1.807) is 0 Å². The van der Waals surface area contributed by atoms with Gasteiger partial charge in [-0.15, -0.1) is 0 Å². The Labute approximate surface area is 109 Å². The summed E-state index contributed by atoms with van der Waals surface area (Å²) >= 11 is 0. The molecule has 1 aliphatic heterocycles. The highest BCUT2D eigenvalue weighted by Gasteiger charge is 2.26. The first-order valence-corrected chi connectivity index (χ1v) is 6.39. The fourth-order valence-corrected chi connectivity index (χ4v) is 1.89. The van der Waals surface area contributed by atoms with Gasteiger partial charge in [-0.3, -0.25) is 4.79 Å². The quantitative estimate of drug-likeness (QED) is 0.735. The molecule has 0 radical (unpaired) electrons. The van der Waals surface area contributed by atoms with Gasteiger partial charge in [0.05, 0.1) is 0 Å². The van der Waals surface area contributed by atoms with Gasteiger partial charge in [0.15, 0.2) is 0 Å². The van der Waals surface area contributed by atoms with Gasteiger partial charge in [-0.2, -0.15) is 0 Å². The number of carbonyl (C=O) groups excluding carboxylic acids is 1. The highest BCUT2D eigenvalue weighted by molar-refractivity contribution is 5.68. The predicted octanol–water partition coefficient (Wildman–Crippen LogP) is 2.74. The molecule has 0 aromatic rings. The molecular weight excluding hydrogens is 234 g/mol. The van der Waals surface area contributed by atoms with Crippen LogP contribution in [0.15, 0.2) is 0 Å². The largest absolute Gasteiger partial charge is 0.483 e. The van der Waals surface area contributed by atoms with Crippen LogP contribution < -0.4 is 0 Å². The second kappa shape index (κ2) is 7.95. The second-order valence-electron chi connectivity index (χ2n) is 5.45. The number of carbonyl (C=O) groups is 2. The number of amides is 1. The average Bonchev–Trinajstić information content (AvgIpc) is 2.28. The summed E-state index contributed by atoms with van der Waals surface area (Å²) in [4.78, 5) is 22.0. The van der Waals surface area contributed by atoms with E-state index >= 15 is 0 Å². The molecule has 5 heteroatoms. The van der Waals surface area contributed by atoms with Crippen LogP contribution in [0.2, 0.25) is 0 Å². The molecule has 0 saturated carbocycles. The van der Waals surface area contributed by atoms with Crippen LogP contribution in [-0.2, 0) is 9.53 Å². The highest BCUT2D eigenvalue weighted by atomic mass is 16.6. The topological polar surface area (TPSA) is 66.8 Å². The molecule has 1 fully saturated rings. The normalized spacial score (nSPS) is 19.6. The summed E-state index contributed by atoms with van der Waals surface area (Å²) in [6.45, 7) is 9.38. The van der Waals surface area contributed by atoms with Gasteiger partial charge in [-0.1, -0.05) is 13.3 Å². The van der Waals surface area contributed by atoms with E-state index in [0.29, 0.717) is 5.92 Å². The third-order valence-electron chi connectivity index (χ3n) is 2.75. The van der Waals surface area contributed by atoms with Crippen molar-refractivity contribution < 1.29 is 19.4 Å². The number of likely N-dealkylation sites (tertiary alicyclic amines) is 1. The molecule has 5 nitrogen and oxygen atoms in total. The lowest BCUT2D eigenvalue weighted by Gasteiger charge is -2.33. The maximum absolute atomic E-state index is 11.8. The third-order valence-corrected chi connectivity index (χ3v) is 2.75. The van der Waals surface area contributed by atoms with Crippen molar-refractivity contribution in [3.05, 3.63) is 0 Å². The Balaban J connectivity index is 0.000000873. The van der Waals surface area contributed by atoms with E-state index in [1.165, 1.54) is 6.42 Å². The minimum Gasteiger partial charge on any atom is -0.483 e. The summed E-state index contributed by atoms with van der Waals surface area (Å²) < 4.78 is 5.36. The Kier molecular flexibility index (Phi) is 7.39. The molecule has 1 saturated heterocycles. The van der Waals surface area contributed by atoms with Crippen LogP contribution in [0, 0.1) is 5.92 Å². The fourth-order valence-electron chi connectivity index (χ4n) is 1.89. The first kappa shape index (κ1) is 16.7. The van der Waals surface area contributed by atoms with E-state index in [9.17, 15) is 4.79 Å². The molecule has 106 valence electrons. The van der Waals surface area contributed by atoms with Crippen molar-refractivity contribution >= 4 is 12.6 Å².